The minimum atomic E-state index is -0.525. The minimum Gasteiger partial charge on any atom is -0.382 e. The molecule has 0 heterocycles. The highest BCUT2D eigenvalue weighted by molar-refractivity contribution is 5.59. The molecule has 0 atom stereocenters. The zero-order valence-corrected chi connectivity index (χ0v) is 10.1. The summed E-state index contributed by atoms with van der Waals surface area (Å²) >= 11 is 0. The Kier molecular flexibility index (Phi) is 3.78. The van der Waals surface area contributed by atoms with E-state index in [0.29, 0.717) is 6.04 Å². The van der Waals surface area contributed by atoms with Gasteiger partial charge in [-0.15, -0.1) is 0 Å². The Morgan fingerprint density at radius 3 is 2.67 bits per heavy atom. The molecule has 1 aromatic carbocycles. The summed E-state index contributed by atoms with van der Waals surface area (Å²) in [6.45, 7) is 0. The Morgan fingerprint density at radius 1 is 1.33 bits per heavy atom. The number of hydrogen-bond acceptors (Lipinski definition) is 4. The Hall–Kier alpha value is -2.09. The van der Waals surface area contributed by atoms with Crippen LogP contribution in [0.15, 0.2) is 18.2 Å². The molecule has 94 valence electrons. The summed E-state index contributed by atoms with van der Waals surface area (Å²) in [5, 5.41) is 23.0. The third-order valence-electron chi connectivity index (χ3n) is 3.29. The molecule has 18 heavy (non-hydrogen) atoms. The molecule has 0 saturated heterocycles. The molecule has 1 aliphatic rings. The fourth-order valence-electron chi connectivity index (χ4n) is 2.36. The smallest absolute Gasteiger partial charge is 0.287 e. The SMILES string of the molecule is N#Cc1cc(NC2CCCCC2)ccc1[N+](=O)[O-]. The number of nitro groups is 1. The third-order valence-corrected chi connectivity index (χ3v) is 3.29. The van der Waals surface area contributed by atoms with Gasteiger partial charge in [-0.3, -0.25) is 10.1 Å². The van der Waals surface area contributed by atoms with Gasteiger partial charge in [0.2, 0.25) is 0 Å². The van der Waals surface area contributed by atoms with E-state index in [4.69, 9.17) is 5.26 Å². The van der Waals surface area contributed by atoms with Crippen molar-refractivity contribution in [3.05, 3.63) is 33.9 Å². The first kappa shape index (κ1) is 12.4. The van der Waals surface area contributed by atoms with Crippen molar-refractivity contribution < 1.29 is 4.92 Å². The molecule has 2 rings (SSSR count). The average Bonchev–Trinajstić information content (AvgIpc) is 2.39. The number of nitrogens with one attached hydrogen (secondary N) is 1. The van der Waals surface area contributed by atoms with E-state index >= 15 is 0 Å². The second-order valence-corrected chi connectivity index (χ2v) is 4.58. The highest BCUT2D eigenvalue weighted by Crippen LogP contribution is 2.25. The van der Waals surface area contributed by atoms with Gasteiger partial charge in [-0.05, 0) is 25.0 Å². The van der Waals surface area contributed by atoms with Crippen molar-refractivity contribution in [2.75, 3.05) is 5.32 Å². The van der Waals surface area contributed by atoms with Crippen LogP contribution in [-0.2, 0) is 0 Å². The molecule has 1 aromatic rings. The molecule has 0 amide bonds. The van der Waals surface area contributed by atoms with E-state index in [1.807, 2.05) is 6.07 Å². The van der Waals surface area contributed by atoms with Crippen LogP contribution < -0.4 is 5.32 Å². The van der Waals surface area contributed by atoms with Crippen LogP contribution in [0.2, 0.25) is 0 Å². The standard InChI is InChI=1S/C13H15N3O2/c14-9-10-8-12(6-7-13(10)16(17)18)15-11-4-2-1-3-5-11/h6-8,11,15H,1-5H2. The van der Waals surface area contributed by atoms with Crippen molar-refractivity contribution in [1.29, 1.82) is 5.26 Å². The zero-order valence-electron chi connectivity index (χ0n) is 10.1. The van der Waals surface area contributed by atoms with Crippen molar-refractivity contribution in [1.82, 2.24) is 0 Å². The van der Waals surface area contributed by atoms with Crippen LogP contribution in [-0.4, -0.2) is 11.0 Å². The van der Waals surface area contributed by atoms with Gasteiger partial charge in [0.15, 0.2) is 0 Å². The molecular weight excluding hydrogens is 230 g/mol. The fourth-order valence-corrected chi connectivity index (χ4v) is 2.36. The lowest BCUT2D eigenvalue weighted by Crippen LogP contribution is -2.22. The third kappa shape index (κ3) is 2.77. The lowest BCUT2D eigenvalue weighted by atomic mass is 9.95. The molecule has 0 unspecified atom stereocenters. The summed E-state index contributed by atoms with van der Waals surface area (Å²) in [6, 6.07) is 6.92. The summed E-state index contributed by atoms with van der Waals surface area (Å²) in [4.78, 5) is 10.2. The molecule has 1 aliphatic carbocycles. The average molecular weight is 245 g/mol. The number of nitrogens with zero attached hydrogens (tertiary/aromatic N) is 2. The van der Waals surface area contributed by atoms with Crippen molar-refractivity contribution in [3.63, 3.8) is 0 Å². The zero-order chi connectivity index (χ0) is 13.0. The summed E-state index contributed by atoms with van der Waals surface area (Å²) in [5.74, 6) is 0. The molecule has 5 heteroatoms. The number of benzene rings is 1. The van der Waals surface area contributed by atoms with Crippen LogP contribution in [0, 0.1) is 21.4 Å². The second-order valence-electron chi connectivity index (χ2n) is 4.58. The van der Waals surface area contributed by atoms with Gasteiger partial charge in [0, 0.05) is 17.8 Å². The first-order valence-electron chi connectivity index (χ1n) is 6.16. The van der Waals surface area contributed by atoms with E-state index < -0.39 is 4.92 Å². The predicted octanol–water partition coefficient (Wildman–Crippen LogP) is 3.21. The van der Waals surface area contributed by atoms with E-state index in [2.05, 4.69) is 5.32 Å². The van der Waals surface area contributed by atoms with Crippen molar-refractivity contribution in [3.8, 4) is 6.07 Å². The van der Waals surface area contributed by atoms with Crippen LogP contribution in [0.5, 0.6) is 0 Å². The van der Waals surface area contributed by atoms with E-state index in [1.54, 1.807) is 12.1 Å². The van der Waals surface area contributed by atoms with E-state index in [-0.39, 0.29) is 11.3 Å². The molecule has 0 bridgehead atoms. The van der Waals surface area contributed by atoms with Crippen molar-refractivity contribution >= 4 is 11.4 Å². The summed E-state index contributed by atoms with van der Waals surface area (Å²) in [6.07, 6.45) is 5.96. The van der Waals surface area contributed by atoms with Gasteiger partial charge in [-0.2, -0.15) is 5.26 Å². The Bertz CT molecular complexity index is 487. The summed E-state index contributed by atoms with van der Waals surface area (Å²) < 4.78 is 0. The fraction of sp³-hybridized carbons (Fsp3) is 0.462. The van der Waals surface area contributed by atoms with Crippen molar-refractivity contribution in [2.24, 2.45) is 0 Å². The number of nitro benzene ring substituents is 1. The number of nitriles is 1. The molecule has 0 aliphatic heterocycles. The van der Waals surface area contributed by atoms with E-state index in [1.165, 1.54) is 25.3 Å². The van der Waals surface area contributed by atoms with E-state index in [9.17, 15) is 10.1 Å². The highest BCUT2D eigenvalue weighted by atomic mass is 16.6. The lowest BCUT2D eigenvalue weighted by Gasteiger charge is -2.23. The summed E-state index contributed by atoms with van der Waals surface area (Å²) in [5.41, 5.74) is 0.775. The van der Waals surface area contributed by atoms with Gasteiger partial charge in [-0.25, -0.2) is 0 Å². The van der Waals surface area contributed by atoms with Gasteiger partial charge < -0.3 is 5.32 Å². The maximum absolute atomic E-state index is 10.7. The van der Waals surface area contributed by atoms with Gasteiger partial charge in [0.1, 0.15) is 11.6 Å². The van der Waals surface area contributed by atoms with Crippen LogP contribution in [0.4, 0.5) is 11.4 Å². The number of hydrogen-bond donors (Lipinski definition) is 1. The highest BCUT2D eigenvalue weighted by Gasteiger charge is 2.16. The molecule has 0 aromatic heterocycles. The van der Waals surface area contributed by atoms with Gasteiger partial charge in [-0.1, -0.05) is 19.3 Å². The predicted molar refractivity (Wildman–Crippen MR) is 68.3 cm³/mol. The number of rotatable bonds is 3. The summed E-state index contributed by atoms with van der Waals surface area (Å²) in [7, 11) is 0. The van der Waals surface area contributed by atoms with E-state index in [0.717, 1.165) is 18.5 Å². The maximum Gasteiger partial charge on any atom is 0.287 e. The van der Waals surface area contributed by atoms with Gasteiger partial charge in [0.25, 0.3) is 5.69 Å². The Morgan fingerprint density at radius 2 is 2.06 bits per heavy atom. The molecule has 5 nitrogen and oxygen atoms in total. The molecule has 1 fully saturated rings. The largest absolute Gasteiger partial charge is 0.382 e. The second kappa shape index (κ2) is 5.50. The van der Waals surface area contributed by atoms with Gasteiger partial charge >= 0.3 is 0 Å². The first-order chi connectivity index (χ1) is 8.70. The quantitative estimate of drug-likeness (QED) is 0.655. The molecule has 1 saturated carbocycles. The van der Waals surface area contributed by atoms with Crippen LogP contribution >= 0.6 is 0 Å². The normalized spacial score (nSPS) is 15.9. The topological polar surface area (TPSA) is 79.0 Å². The van der Waals surface area contributed by atoms with Crippen LogP contribution in [0.25, 0.3) is 0 Å². The van der Waals surface area contributed by atoms with Crippen LogP contribution in [0.3, 0.4) is 0 Å². The lowest BCUT2D eigenvalue weighted by molar-refractivity contribution is -0.385. The number of anilines is 1. The molecule has 0 radical (unpaired) electrons. The first-order valence-corrected chi connectivity index (χ1v) is 6.16. The van der Waals surface area contributed by atoms with Crippen molar-refractivity contribution in [2.45, 2.75) is 38.1 Å². The van der Waals surface area contributed by atoms with Crippen LogP contribution in [0.1, 0.15) is 37.7 Å². The monoisotopic (exact) mass is 245 g/mol. The Balaban J connectivity index is 2.14. The Labute approximate surface area is 106 Å². The molecule has 0 spiro atoms. The molecular formula is C13H15N3O2. The molecule has 1 N–H and O–H groups in total. The maximum atomic E-state index is 10.7. The van der Waals surface area contributed by atoms with Gasteiger partial charge in [0.05, 0.1) is 4.92 Å². The minimum absolute atomic E-state index is 0.112.